The number of hydrogen-bond acceptors (Lipinski definition) is 37. The lowest BCUT2D eigenvalue weighted by Crippen LogP contribution is -2.70. The van der Waals surface area contributed by atoms with Gasteiger partial charge in [-0.1, -0.05) is 24.3 Å². The minimum Gasteiger partial charge on any atom is -0.394 e. The topological polar surface area (TPSA) is 583 Å². The second kappa shape index (κ2) is 30.3. The average Bonchev–Trinajstić information content (AvgIpc) is 0.787. The van der Waals surface area contributed by atoms with Gasteiger partial charge in [0.05, 0.1) is 57.2 Å². The maximum atomic E-state index is 14.9. The third kappa shape index (κ3) is 14.2. The second-order valence-electron chi connectivity index (χ2n) is 23.8. The number of nitrogens with zero attached hydrogens (tertiary/aromatic N) is 1. The number of nitrogens with one attached hydrogen (secondary N) is 1. The van der Waals surface area contributed by atoms with Crippen molar-refractivity contribution in [1.29, 1.82) is 0 Å². The first kappa shape index (κ1) is 72.8. The molecule has 93 heavy (non-hydrogen) atoms. The predicted molar refractivity (Wildman–Crippen MR) is 295 cm³/mol. The molecule has 14 bridgehead atoms. The zero-order chi connectivity index (χ0) is 67.4. The lowest BCUT2D eigenvalue weighted by atomic mass is 9.94. The Balaban J connectivity index is 0.990. The number of sulfonamides is 1. The molecule has 2 aromatic carbocycles. The van der Waals surface area contributed by atoms with Crippen LogP contribution in [0.3, 0.4) is 0 Å². The summed E-state index contributed by atoms with van der Waals surface area (Å²) in [7, 11) is -1.52. The number of anilines is 1. The van der Waals surface area contributed by atoms with Gasteiger partial charge in [-0.25, -0.2) is 13.1 Å². The van der Waals surface area contributed by atoms with Crippen molar-refractivity contribution in [1.82, 2.24) is 4.72 Å². The lowest BCUT2D eigenvalue weighted by molar-refractivity contribution is -0.396. The number of aliphatic hydroxyl groups is 20. The summed E-state index contributed by atoms with van der Waals surface area (Å²) in [6, 6.07) is 6.92. The summed E-state index contributed by atoms with van der Waals surface area (Å²) in [5.74, 6) is 0. The Hall–Kier alpha value is -2.95. The van der Waals surface area contributed by atoms with Crippen LogP contribution in [0.1, 0.15) is 0 Å². The van der Waals surface area contributed by atoms with Crippen LogP contribution in [0.4, 0.5) is 5.69 Å². The minimum absolute atomic E-state index is 0.158. The molecule has 39 heteroatoms. The second-order valence-corrected chi connectivity index (χ2v) is 25.5. The maximum Gasteiger partial charge on any atom is 0.241 e. The molecule has 35 atom stereocenters. The quantitative estimate of drug-likeness (QED) is 0.0993. The largest absolute Gasteiger partial charge is 0.394 e. The molecule has 21 saturated heterocycles. The van der Waals surface area contributed by atoms with E-state index in [4.69, 9.17) is 66.3 Å². The first-order chi connectivity index (χ1) is 44.2. The van der Waals surface area contributed by atoms with Crippen LogP contribution in [-0.2, 0) is 76.3 Å². The van der Waals surface area contributed by atoms with Gasteiger partial charge in [-0.3, -0.25) is 0 Å². The summed E-state index contributed by atoms with van der Waals surface area (Å²) in [6.07, 6.45) is -70.9. The van der Waals surface area contributed by atoms with Gasteiger partial charge in [0.25, 0.3) is 0 Å². The van der Waals surface area contributed by atoms with Crippen LogP contribution in [0.15, 0.2) is 41.3 Å². The third-order valence-corrected chi connectivity index (χ3v) is 19.3. The molecule has 38 nitrogen and oxygen atoms in total. The fourth-order valence-electron chi connectivity index (χ4n) is 12.7. The van der Waals surface area contributed by atoms with Crippen molar-refractivity contribution >= 4 is 26.5 Å². The van der Waals surface area contributed by atoms with Crippen LogP contribution < -0.4 is 9.62 Å². The van der Waals surface area contributed by atoms with Gasteiger partial charge < -0.3 is 173 Å². The van der Waals surface area contributed by atoms with E-state index < -0.39 is 271 Å². The Bertz CT molecular complexity index is 2840. The molecule has 0 aromatic heterocycles. The van der Waals surface area contributed by atoms with Gasteiger partial charge >= 0.3 is 0 Å². The van der Waals surface area contributed by atoms with E-state index >= 15 is 0 Å². The van der Waals surface area contributed by atoms with E-state index in [-0.39, 0.29) is 10.3 Å². The SMILES string of the molecule is CN(C)c1cccc2c(S(=O)(=O)N[C@@H]3[C@H](O)[C@H]4O[C@H]5[C@H](O)[C@@H](O)[C@@H](O[C@H]6[C@H](O)[C@@H](O)[C@@H](O[C@H]7[C@H](O)[C@@H](O)[C@@H](O[C@H]8[C@H](O)[C@@H](O)[C@@H](O[C@H]9[C@H](O)[C@@H](O)[C@@H](O[C@H]%10[C@H](O)[C@@H](O)[C@@H](O[C@@H]3[C@@H](CO)O4)O[C@@H]%10CO)O[C@@H]9CO)O[C@@H]8CO)O[C@@H]7CO)O[C@@H]6CO)O[C@@H]5CO)cccc12. The summed E-state index contributed by atoms with van der Waals surface area (Å²) >= 11 is 0. The Labute approximate surface area is 528 Å². The number of aliphatic hydroxyl groups excluding tert-OH is 20. The van der Waals surface area contributed by atoms with E-state index in [1.165, 1.54) is 18.2 Å². The van der Waals surface area contributed by atoms with Crippen molar-refractivity contribution in [2.75, 3.05) is 65.2 Å². The van der Waals surface area contributed by atoms with Crippen molar-refractivity contribution in [3.63, 3.8) is 0 Å². The Morgan fingerprint density at radius 2 is 0.559 bits per heavy atom. The van der Waals surface area contributed by atoms with Crippen molar-refractivity contribution in [2.24, 2.45) is 0 Å². The fourth-order valence-corrected chi connectivity index (χ4v) is 14.2. The maximum absolute atomic E-state index is 14.9. The zero-order valence-corrected chi connectivity index (χ0v) is 50.3. The molecule has 0 radical (unpaired) electrons. The van der Waals surface area contributed by atoms with Gasteiger partial charge in [0, 0.05) is 30.6 Å². The van der Waals surface area contributed by atoms with Gasteiger partial charge in [0.1, 0.15) is 165 Å². The molecular weight excluding hydrogens is 1280 g/mol. The lowest BCUT2D eigenvalue weighted by Gasteiger charge is -2.50. The van der Waals surface area contributed by atoms with Crippen molar-refractivity contribution in [3.8, 4) is 0 Å². The fraction of sp³-hybridized carbons (Fsp3) is 0.815. The van der Waals surface area contributed by atoms with Gasteiger partial charge in [-0.05, 0) is 12.1 Å². The van der Waals surface area contributed by atoms with Crippen LogP contribution in [0.2, 0.25) is 0 Å². The monoisotopic (exact) mass is 1370 g/mol. The molecule has 21 fully saturated rings. The summed E-state index contributed by atoms with van der Waals surface area (Å²) in [5, 5.41) is 226. The highest BCUT2D eigenvalue weighted by Gasteiger charge is 2.60. The Kier molecular flexibility index (Phi) is 23.7. The van der Waals surface area contributed by atoms with E-state index in [1.54, 1.807) is 37.2 Å². The van der Waals surface area contributed by atoms with Crippen molar-refractivity contribution in [2.45, 2.75) is 220 Å². The molecule has 23 rings (SSSR count). The third-order valence-electron chi connectivity index (χ3n) is 17.7. The van der Waals surface area contributed by atoms with E-state index in [0.29, 0.717) is 11.1 Å². The number of fused-ring (bicyclic) bond motifs is 1. The van der Waals surface area contributed by atoms with Crippen molar-refractivity contribution in [3.05, 3.63) is 36.4 Å². The molecule has 0 saturated carbocycles. The summed E-state index contributed by atoms with van der Waals surface area (Å²) in [5.41, 5.74) is 0.582. The first-order valence-electron chi connectivity index (χ1n) is 29.7. The molecule has 21 N–H and O–H groups in total. The number of benzene rings is 2. The highest BCUT2D eigenvalue weighted by Crippen LogP contribution is 2.40. The first-order valence-corrected chi connectivity index (χ1v) is 31.2. The van der Waals surface area contributed by atoms with E-state index in [0.717, 1.165) is 0 Å². The molecule has 0 aliphatic carbocycles. The molecule has 21 heterocycles. The smallest absolute Gasteiger partial charge is 0.241 e. The van der Waals surface area contributed by atoms with E-state index in [1.807, 2.05) is 0 Å². The Morgan fingerprint density at radius 1 is 0.323 bits per heavy atom. The van der Waals surface area contributed by atoms with Gasteiger partial charge in [0.2, 0.25) is 10.0 Å². The predicted octanol–water partition coefficient (Wildman–Crippen LogP) is -13.0. The molecule has 21 aliphatic heterocycles. The number of hydrogen-bond donors (Lipinski definition) is 21. The van der Waals surface area contributed by atoms with Gasteiger partial charge in [-0.2, -0.15) is 0 Å². The number of rotatable bonds is 11. The van der Waals surface area contributed by atoms with Crippen molar-refractivity contribution < 1.29 is 177 Å². The van der Waals surface area contributed by atoms with E-state index in [2.05, 4.69) is 4.72 Å². The zero-order valence-electron chi connectivity index (χ0n) is 49.5. The van der Waals surface area contributed by atoms with Gasteiger partial charge in [-0.15, -0.1) is 0 Å². The molecule has 0 unspecified atom stereocenters. The molecule has 0 amide bonds. The summed E-state index contributed by atoms with van der Waals surface area (Å²) in [6.45, 7) is -7.74. The molecular formula is C54H82N2O36S. The van der Waals surface area contributed by atoms with Crippen LogP contribution >= 0.6 is 0 Å². The summed E-state index contributed by atoms with van der Waals surface area (Å²) < 4.78 is 114. The molecule has 0 spiro atoms. The molecule has 21 aliphatic rings. The van der Waals surface area contributed by atoms with Crippen LogP contribution in [-0.4, -0.2) is 386 Å². The number of ether oxygens (including phenoxy) is 14. The van der Waals surface area contributed by atoms with Crippen LogP contribution in [0.25, 0.3) is 10.8 Å². The summed E-state index contributed by atoms with van der Waals surface area (Å²) in [4.78, 5) is 1.33. The Morgan fingerprint density at radius 3 is 0.828 bits per heavy atom. The van der Waals surface area contributed by atoms with Gasteiger partial charge in [0.15, 0.2) is 44.0 Å². The standard InChI is InChI=1S/C54H82N2O36S/c1-56(2)18-7-3-6-17-16(18)5-4-8-26(17)93(77,78)55-27-28(64)48-79-19(9-57)41(27)86-49-35(71)29(65)43(21(11-59)80-49)88-51-37(73)31(67)45(23(13-61)82-51)90-53-39(75)33(69)47(25(15-63)84-53)92-54-40(76)34(70)46(24(14-62)85-54)91-52-38(74)32(68)44(22(12-60)83-52)89-50-36(72)30(66)42(87-48)20(10-58)81-50/h3-8,19-25,27-55,57-76H,9-15H2,1-2H3/t19-,20-,21-,22-,23-,24-,25-,27-,28+,29-,30-,31-,32-,33-,34-,35-,36-,37-,38-,39-,40-,41-,42-,43-,44-,45-,46-,47-,48-,49-,50-,51-,52-,53-,54-/m1/s1. The minimum atomic E-state index is -4.94. The normalized spacial score (nSPS) is 48.0. The highest BCUT2D eigenvalue weighted by atomic mass is 32.2. The molecule has 530 valence electrons. The molecule has 2 aromatic rings. The van der Waals surface area contributed by atoms with Crippen LogP contribution in [0, 0.1) is 0 Å². The highest BCUT2D eigenvalue weighted by molar-refractivity contribution is 7.89. The van der Waals surface area contributed by atoms with Crippen LogP contribution in [0.5, 0.6) is 0 Å². The average molecular weight is 1370 g/mol. The van der Waals surface area contributed by atoms with E-state index in [9.17, 15) is 111 Å².